The first-order chi connectivity index (χ1) is 26.0. The highest BCUT2D eigenvalue weighted by Crippen LogP contribution is 2.50. The van der Waals surface area contributed by atoms with E-state index in [9.17, 15) is 19.6 Å². The van der Waals surface area contributed by atoms with Crippen LogP contribution in [0.4, 0.5) is 8.78 Å². The van der Waals surface area contributed by atoms with Crippen molar-refractivity contribution in [2.24, 2.45) is 5.92 Å². The highest BCUT2D eigenvalue weighted by Gasteiger charge is 2.49. The molecule has 1 aliphatic carbocycles. The predicted octanol–water partition coefficient (Wildman–Crippen LogP) is 7.49. The van der Waals surface area contributed by atoms with Crippen LogP contribution in [0.3, 0.4) is 0 Å². The monoisotopic (exact) mass is 726 g/mol. The molecular weight excluding hydrogens is 687 g/mol. The molecule has 3 saturated heterocycles. The van der Waals surface area contributed by atoms with Gasteiger partial charge in [-0.15, -0.1) is 0 Å². The van der Waals surface area contributed by atoms with Crippen molar-refractivity contribution in [2.45, 2.75) is 63.8 Å². The number of morpholine rings is 1. The molecule has 4 atom stereocenters. The zero-order chi connectivity index (χ0) is 37.5. The molecule has 1 saturated carbocycles. The molecule has 11 heteroatoms. The van der Waals surface area contributed by atoms with Crippen LogP contribution < -0.4 is 5.32 Å². The summed E-state index contributed by atoms with van der Waals surface area (Å²) in [4.78, 5) is 24.8. The van der Waals surface area contributed by atoms with E-state index >= 15 is 4.39 Å². The maximum Gasteiger partial charge on any atom is 0.249 e. The summed E-state index contributed by atoms with van der Waals surface area (Å²) in [6.07, 6.45) is 3.12. The van der Waals surface area contributed by atoms with Gasteiger partial charge in [0.25, 0.3) is 0 Å². The molecule has 2 N–H and O–H groups in total. The van der Waals surface area contributed by atoms with Crippen LogP contribution in [0, 0.1) is 28.9 Å². The van der Waals surface area contributed by atoms with Crippen molar-refractivity contribution >= 4 is 38.5 Å². The van der Waals surface area contributed by atoms with Gasteiger partial charge in [-0.3, -0.25) is 9.78 Å². The predicted molar refractivity (Wildman–Crippen MR) is 202 cm³/mol. The third-order valence-electron chi connectivity index (χ3n) is 11.7. The molecule has 9 nitrogen and oxygen atoms in total. The molecule has 274 valence electrons. The SMILES string of the molecule is C[C@H](c1cc2c(-c3ccc(C(C)(C)O)nc3)nc3c(F)c(-c4cccc5ccc(F)cc45)c(CCC#N)cc3c2n1[C@H]1[C@H]2CN[C@@H]1C2)N1CCOCC1=O. The molecule has 1 amide bonds. The van der Waals surface area contributed by atoms with E-state index < -0.39 is 17.2 Å². The van der Waals surface area contributed by atoms with Gasteiger partial charge < -0.3 is 24.6 Å². The fourth-order valence-corrected chi connectivity index (χ4v) is 8.99. The number of carbonyl (C=O) groups is 1. The van der Waals surface area contributed by atoms with Crippen molar-refractivity contribution in [3.63, 3.8) is 0 Å². The Hall–Kier alpha value is -5.28. The number of nitrogens with zero attached hydrogens (tertiary/aromatic N) is 5. The van der Waals surface area contributed by atoms with E-state index in [4.69, 9.17) is 9.72 Å². The summed E-state index contributed by atoms with van der Waals surface area (Å²) < 4.78 is 40.4. The van der Waals surface area contributed by atoms with Gasteiger partial charge >= 0.3 is 0 Å². The van der Waals surface area contributed by atoms with Gasteiger partial charge in [0.15, 0.2) is 5.82 Å². The Morgan fingerprint density at radius 3 is 2.67 bits per heavy atom. The first kappa shape index (κ1) is 34.5. The molecule has 3 aromatic carbocycles. The van der Waals surface area contributed by atoms with Gasteiger partial charge in [-0.1, -0.05) is 24.3 Å². The molecule has 54 heavy (non-hydrogen) atoms. The Kier molecular flexibility index (Phi) is 8.26. The molecule has 10 rings (SSSR count). The summed E-state index contributed by atoms with van der Waals surface area (Å²) in [5.74, 6) is -0.720. The number of aliphatic hydroxyl groups is 1. The minimum atomic E-state index is -1.17. The van der Waals surface area contributed by atoms with Gasteiger partial charge in [0, 0.05) is 59.3 Å². The van der Waals surface area contributed by atoms with Crippen LogP contribution in [0.1, 0.15) is 62.6 Å². The standard InChI is InChI=1S/C43H40F2N6O3/c1-23(50-14-15-54-22-36(50)52)34-19-32-39(26-10-12-35(48-20-26)43(2,3)53)49-40-31(42(32)51(34)41-27-17-33(41)47-21-27)16-25(7-5-13-46)37(38(40)45)29-8-4-6-24-9-11-28(44)18-30(24)29/h4,6,8-12,16,18-20,23,27,33,41,47,53H,5,7,14-15,17,21-22H2,1-3H3/t23-,27-,33-,41+/m1/s1. The number of pyridine rings is 2. The maximum absolute atomic E-state index is 17.8. The third kappa shape index (κ3) is 5.46. The van der Waals surface area contributed by atoms with Crippen LogP contribution in [0.2, 0.25) is 0 Å². The Bertz CT molecular complexity index is 2520. The number of benzene rings is 3. The van der Waals surface area contributed by atoms with Gasteiger partial charge in [-0.05, 0) is 97.8 Å². The van der Waals surface area contributed by atoms with E-state index in [0.29, 0.717) is 63.5 Å². The third-order valence-corrected chi connectivity index (χ3v) is 11.7. The average Bonchev–Trinajstić information content (AvgIpc) is 3.90. The normalized spacial score (nSPS) is 20.5. The van der Waals surface area contributed by atoms with E-state index in [1.807, 2.05) is 36.1 Å². The number of hydrogen-bond acceptors (Lipinski definition) is 7. The molecule has 0 unspecified atom stereocenters. The molecule has 0 spiro atoms. The number of amides is 1. The second-order valence-corrected chi connectivity index (χ2v) is 15.4. The lowest BCUT2D eigenvalue weighted by Gasteiger charge is -2.40. The van der Waals surface area contributed by atoms with Crippen LogP contribution in [-0.2, 0) is 21.6 Å². The van der Waals surface area contributed by atoms with Crippen LogP contribution >= 0.6 is 0 Å². The van der Waals surface area contributed by atoms with Crippen molar-refractivity contribution < 1.29 is 23.4 Å². The van der Waals surface area contributed by atoms with Crippen molar-refractivity contribution in [3.8, 4) is 28.5 Å². The number of carbonyl (C=O) groups excluding carboxylic acids is 1. The number of hydrogen-bond donors (Lipinski definition) is 2. The van der Waals surface area contributed by atoms with Crippen molar-refractivity contribution in [2.75, 3.05) is 26.3 Å². The fourth-order valence-electron chi connectivity index (χ4n) is 8.99. The summed E-state index contributed by atoms with van der Waals surface area (Å²) in [5.41, 5.74) is 3.80. The number of ether oxygens (including phenoxy) is 1. The largest absolute Gasteiger partial charge is 0.384 e. The van der Waals surface area contributed by atoms with E-state index in [1.54, 1.807) is 38.2 Å². The van der Waals surface area contributed by atoms with Crippen molar-refractivity contribution in [1.82, 2.24) is 24.8 Å². The van der Waals surface area contributed by atoms with Crippen LogP contribution in [0.15, 0.2) is 66.9 Å². The Labute approximate surface area is 311 Å². The first-order valence-corrected chi connectivity index (χ1v) is 18.6. The number of aryl methyl sites for hydroxylation is 1. The van der Waals surface area contributed by atoms with Crippen molar-refractivity contribution in [1.29, 1.82) is 5.26 Å². The van der Waals surface area contributed by atoms with Gasteiger partial charge in [0.2, 0.25) is 5.91 Å². The van der Waals surface area contributed by atoms with Crippen LogP contribution in [0.25, 0.3) is 55.0 Å². The number of nitrogens with one attached hydrogen (secondary N) is 1. The summed E-state index contributed by atoms with van der Waals surface area (Å²) in [5, 5.41) is 26.8. The summed E-state index contributed by atoms with van der Waals surface area (Å²) in [6.45, 7) is 7.15. The lowest BCUT2D eigenvalue weighted by atomic mass is 9.79. The van der Waals surface area contributed by atoms with Crippen molar-refractivity contribution in [3.05, 3.63) is 95.4 Å². The summed E-state index contributed by atoms with van der Waals surface area (Å²) in [6, 6.07) is 19.9. The lowest BCUT2D eigenvalue weighted by Crippen LogP contribution is -2.45. The molecule has 3 aromatic heterocycles. The molecule has 3 aliphatic heterocycles. The molecule has 4 fully saturated rings. The number of halogens is 2. The topological polar surface area (TPSA) is 116 Å². The average molecular weight is 727 g/mol. The molecular formula is C43H40F2N6O3. The quantitative estimate of drug-likeness (QED) is 0.167. The summed E-state index contributed by atoms with van der Waals surface area (Å²) in [7, 11) is 0. The molecule has 4 aliphatic rings. The minimum Gasteiger partial charge on any atom is -0.384 e. The zero-order valence-electron chi connectivity index (χ0n) is 30.4. The summed E-state index contributed by atoms with van der Waals surface area (Å²) >= 11 is 0. The zero-order valence-corrected chi connectivity index (χ0v) is 30.4. The highest BCUT2D eigenvalue weighted by molar-refractivity contribution is 6.12. The Morgan fingerprint density at radius 2 is 1.96 bits per heavy atom. The number of rotatable bonds is 8. The fraction of sp³-hybridized carbons (Fsp3) is 0.349. The van der Waals surface area contributed by atoms with Gasteiger partial charge in [-0.2, -0.15) is 5.26 Å². The molecule has 6 aromatic rings. The number of fused-ring (bicyclic) bond motifs is 5. The van der Waals surface area contributed by atoms with Crippen LogP contribution in [-0.4, -0.2) is 62.8 Å². The van der Waals surface area contributed by atoms with Gasteiger partial charge in [0.1, 0.15) is 23.5 Å². The van der Waals surface area contributed by atoms with Gasteiger partial charge in [0.05, 0.1) is 41.7 Å². The van der Waals surface area contributed by atoms with E-state index in [1.165, 1.54) is 12.1 Å². The molecule has 0 radical (unpaired) electrons. The highest BCUT2D eigenvalue weighted by atomic mass is 19.1. The Balaban J connectivity index is 1.39. The smallest absolute Gasteiger partial charge is 0.249 e. The maximum atomic E-state index is 17.8. The second kappa shape index (κ2) is 12.9. The second-order valence-electron chi connectivity index (χ2n) is 15.4. The molecule has 6 heterocycles. The van der Waals surface area contributed by atoms with E-state index in [0.717, 1.165) is 34.9 Å². The Morgan fingerprint density at radius 1 is 1.11 bits per heavy atom. The lowest BCUT2D eigenvalue weighted by molar-refractivity contribution is -0.145. The van der Waals surface area contributed by atoms with Crippen LogP contribution in [0.5, 0.6) is 0 Å². The molecule has 2 bridgehead atoms. The number of aromatic nitrogens is 3. The van der Waals surface area contributed by atoms with Gasteiger partial charge in [-0.25, -0.2) is 13.8 Å². The number of nitriles is 1. The minimum absolute atomic E-state index is 0.0179. The first-order valence-electron chi connectivity index (χ1n) is 18.6. The van der Waals surface area contributed by atoms with E-state index in [2.05, 4.69) is 27.0 Å². The van der Waals surface area contributed by atoms with E-state index in [-0.39, 0.29) is 49.0 Å².